The smallest absolute Gasteiger partial charge is 0.243 e. The Hall–Kier alpha value is -1.91. The highest BCUT2D eigenvalue weighted by Crippen LogP contribution is 2.26. The van der Waals surface area contributed by atoms with Crippen molar-refractivity contribution >= 4 is 32.4 Å². The molecule has 1 aliphatic heterocycles. The molecule has 10 heteroatoms. The number of nitrogens with one attached hydrogen (secondary N) is 1. The third kappa shape index (κ3) is 5.58. The van der Waals surface area contributed by atoms with Gasteiger partial charge in [-0.3, -0.25) is 4.79 Å². The van der Waals surface area contributed by atoms with E-state index in [0.29, 0.717) is 24.5 Å². The van der Waals surface area contributed by atoms with Gasteiger partial charge in [-0.15, -0.1) is 10.2 Å². The number of sulfonamides is 1. The number of rotatable bonds is 8. The first-order valence-corrected chi connectivity index (χ1v) is 12.0. The van der Waals surface area contributed by atoms with E-state index in [1.165, 1.54) is 27.8 Å². The zero-order valence-corrected chi connectivity index (χ0v) is 17.9. The lowest BCUT2D eigenvalue weighted by Gasteiger charge is -2.31. The molecule has 0 spiro atoms. The predicted molar refractivity (Wildman–Crippen MR) is 110 cm³/mol. The fourth-order valence-corrected chi connectivity index (χ4v) is 5.58. The molecule has 0 radical (unpaired) electrons. The zero-order valence-electron chi connectivity index (χ0n) is 16.3. The van der Waals surface area contributed by atoms with E-state index < -0.39 is 21.8 Å². The summed E-state index contributed by atoms with van der Waals surface area (Å²) in [6.07, 6.45) is 5.32. The molecule has 0 aliphatic carbocycles. The van der Waals surface area contributed by atoms with Crippen molar-refractivity contribution in [3.05, 3.63) is 35.1 Å². The summed E-state index contributed by atoms with van der Waals surface area (Å²) in [6, 6.07) is 4.73. The minimum absolute atomic E-state index is 0.0285. The Morgan fingerprint density at radius 2 is 2.03 bits per heavy atom. The van der Waals surface area contributed by atoms with Crippen molar-refractivity contribution in [2.24, 2.45) is 5.92 Å². The monoisotopic (exact) mass is 440 g/mol. The molecule has 1 fully saturated rings. The van der Waals surface area contributed by atoms with Gasteiger partial charge in [0.2, 0.25) is 21.1 Å². The summed E-state index contributed by atoms with van der Waals surface area (Å²) in [5.74, 6) is -1.21. The van der Waals surface area contributed by atoms with Gasteiger partial charge in [0.05, 0.1) is 10.8 Å². The van der Waals surface area contributed by atoms with Crippen LogP contribution in [0.4, 0.5) is 9.52 Å². The molecule has 2 heterocycles. The van der Waals surface area contributed by atoms with Crippen molar-refractivity contribution in [3.8, 4) is 0 Å². The first-order valence-electron chi connectivity index (χ1n) is 9.79. The number of carbonyl (C=O) groups excluding carboxylic acids is 1. The summed E-state index contributed by atoms with van der Waals surface area (Å²) in [7, 11) is -3.77. The molecule has 1 atom stereocenters. The fourth-order valence-electron chi connectivity index (χ4n) is 3.27. The first-order chi connectivity index (χ1) is 13.9. The van der Waals surface area contributed by atoms with E-state index >= 15 is 0 Å². The highest BCUT2D eigenvalue weighted by molar-refractivity contribution is 7.89. The van der Waals surface area contributed by atoms with Crippen LogP contribution in [-0.2, 0) is 21.2 Å². The van der Waals surface area contributed by atoms with Crippen LogP contribution in [0.15, 0.2) is 29.2 Å². The van der Waals surface area contributed by atoms with E-state index in [9.17, 15) is 17.6 Å². The van der Waals surface area contributed by atoms with Crippen LogP contribution in [0, 0.1) is 11.7 Å². The second-order valence-electron chi connectivity index (χ2n) is 7.10. The Labute approximate surface area is 174 Å². The van der Waals surface area contributed by atoms with Crippen LogP contribution in [0.1, 0.15) is 44.0 Å². The molecule has 29 heavy (non-hydrogen) atoms. The highest BCUT2D eigenvalue weighted by Gasteiger charge is 2.33. The number of carbonyl (C=O) groups is 1. The van der Waals surface area contributed by atoms with Crippen molar-refractivity contribution < 1.29 is 17.6 Å². The average molecular weight is 441 g/mol. The number of aryl methyl sites for hydroxylation is 1. The molecule has 3 rings (SSSR count). The SMILES string of the molecule is CCCCCc1nnc(NC(=O)C2CCCN(S(=O)(=O)c3ccc(F)cc3)C2)s1. The molecule has 0 saturated carbocycles. The predicted octanol–water partition coefficient (Wildman–Crippen LogP) is 3.45. The molecule has 0 bridgehead atoms. The van der Waals surface area contributed by atoms with Gasteiger partial charge >= 0.3 is 0 Å². The lowest BCUT2D eigenvalue weighted by Crippen LogP contribution is -2.43. The van der Waals surface area contributed by atoms with Gasteiger partial charge in [-0.2, -0.15) is 4.31 Å². The Balaban J connectivity index is 1.61. The summed E-state index contributed by atoms with van der Waals surface area (Å²) in [5, 5.41) is 12.2. The minimum Gasteiger partial charge on any atom is -0.300 e. The lowest BCUT2D eigenvalue weighted by atomic mass is 9.99. The Morgan fingerprint density at radius 3 is 2.76 bits per heavy atom. The second-order valence-corrected chi connectivity index (χ2v) is 10.1. The largest absolute Gasteiger partial charge is 0.300 e. The van der Waals surface area contributed by atoms with Gasteiger partial charge in [0.25, 0.3) is 0 Å². The topological polar surface area (TPSA) is 92.3 Å². The average Bonchev–Trinajstić information content (AvgIpc) is 3.16. The number of nitrogens with zero attached hydrogens (tertiary/aromatic N) is 3. The third-order valence-corrected chi connectivity index (χ3v) is 7.68. The molecule has 1 aromatic carbocycles. The number of hydrogen-bond acceptors (Lipinski definition) is 6. The van der Waals surface area contributed by atoms with Crippen molar-refractivity contribution in [2.75, 3.05) is 18.4 Å². The van der Waals surface area contributed by atoms with E-state index in [-0.39, 0.29) is 17.3 Å². The standard InChI is InChI=1S/C19H25FN4O3S2/c1-2-3-4-7-17-22-23-19(28-17)21-18(25)14-6-5-12-24(13-14)29(26,27)16-10-8-15(20)9-11-16/h8-11,14H,2-7,12-13H2,1H3,(H,21,23,25). The first kappa shape index (κ1) is 21.8. The lowest BCUT2D eigenvalue weighted by molar-refractivity contribution is -0.120. The molecule has 1 saturated heterocycles. The zero-order chi connectivity index (χ0) is 20.9. The molecule has 2 aromatic rings. The normalized spacial score (nSPS) is 17.9. The summed E-state index contributed by atoms with van der Waals surface area (Å²) >= 11 is 1.36. The molecule has 1 amide bonds. The number of anilines is 1. The van der Waals surface area contributed by atoms with Crippen LogP contribution < -0.4 is 5.32 Å². The second kappa shape index (κ2) is 9.73. The van der Waals surface area contributed by atoms with Gasteiger partial charge < -0.3 is 5.32 Å². The number of halogens is 1. The maximum Gasteiger partial charge on any atom is 0.243 e. The van der Waals surface area contributed by atoms with Gasteiger partial charge in [0.15, 0.2) is 0 Å². The quantitative estimate of drug-likeness (QED) is 0.635. The van der Waals surface area contributed by atoms with Crippen LogP contribution in [0.25, 0.3) is 0 Å². The van der Waals surface area contributed by atoms with Crippen molar-refractivity contribution in [2.45, 2.75) is 50.3 Å². The molecular formula is C19H25FN4O3S2. The molecule has 158 valence electrons. The molecule has 1 N–H and O–H groups in total. The minimum atomic E-state index is -3.77. The maximum atomic E-state index is 13.1. The van der Waals surface area contributed by atoms with E-state index in [0.717, 1.165) is 42.8 Å². The van der Waals surface area contributed by atoms with Gasteiger partial charge in [-0.05, 0) is 43.5 Å². The number of piperidine rings is 1. The van der Waals surface area contributed by atoms with Gasteiger partial charge in [-0.25, -0.2) is 12.8 Å². The van der Waals surface area contributed by atoms with E-state index in [1.54, 1.807) is 0 Å². The molecular weight excluding hydrogens is 415 g/mol. The van der Waals surface area contributed by atoms with Crippen molar-refractivity contribution in [1.82, 2.24) is 14.5 Å². The van der Waals surface area contributed by atoms with Gasteiger partial charge in [-0.1, -0.05) is 31.1 Å². The number of unbranched alkanes of at least 4 members (excludes halogenated alkanes) is 2. The number of aromatic nitrogens is 2. The van der Waals surface area contributed by atoms with Crippen LogP contribution in [0.5, 0.6) is 0 Å². The summed E-state index contributed by atoms with van der Waals surface area (Å²) in [4.78, 5) is 12.7. The van der Waals surface area contributed by atoms with E-state index in [1.807, 2.05) is 0 Å². The molecule has 7 nitrogen and oxygen atoms in total. The number of amides is 1. The van der Waals surface area contributed by atoms with Gasteiger partial charge in [0.1, 0.15) is 10.8 Å². The fraction of sp³-hybridized carbons (Fsp3) is 0.526. The Morgan fingerprint density at radius 1 is 1.28 bits per heavy atom. The summed E-state index contributed by atoms with van der Waals surface area (Å²) < 4.78 is 40.0. The van der Waals surface area contributed by atoms with Crippen LogP contribution in [0.2, 0.25) is 0 Å². The Bertz CT molecular complexity index is 931. The van der Waals surface area contributed by atoms with Crippen molar-refractivity contribution in [3.63, 3.8) is 0 Å². The highest BCUT2D eigenvalue weighted by atomic mass is 32.2. The van der Waals surface area contributed by atoms with E-state index in [4.69, 9.17) is 0 Å². The number of hydrogen-bond donors (Lipinski definition) is 1. The number of benzene rings is 1. The van der Waals surface area contributed by atoms with E-state index in [2.05, 4.69) is 22.4 Å². The summed E-state index contributed by atoms with van der Waals surface area (Å²) in [5.41, 5.74) is 0. The molecule has 1 aromatic heterocycles. The molecule has 1 aliphatic rings. The maximum absolute atomic E-state index is 13.1. The molecule has 1 unspecified atom stereocenters. The van der Waals surface area contributed by atoms with Crippen molar-refractivity contribution in [1.29, 1.82) is 0 Å². The van der Waals surface area contributed by atoms with Crippen LogP contribution in [0.3, 0.4) is 0 Å². The van der Waals surface area contributed by atoms with Gasteiger partial charge in [0, 0.05) is 19.5 Å². The third-order valence-electron chi connectivity index (χ3n) is 4.90. The van der Waals surface area contributed by atoms with Crippen LogP contribution >= 0.6 is 11.3 Å². The Kier molecular flexibility index (Phi) is 7.31. The van der Waals surface area contributed by atoms with Crippen LogP contribution in [-0.4, -0.2) is 41.9 Å². The summed E-state index contributed by atoms with van der Waals surface area (Å²) in [6.45, 7) is 2.56.